The Morgan fingerprint density at radius 3 is 2.50 bits per heavy atom. The van der Waals surface area contributed by atoms with Crippen molar-refractivity contribution in [1.82, 2.24) is 0 Å². The highest BCUT2D eigenvalue weighted by molar-refractivity contribution is 5.85. The highest BCUT2D eigenvalue weighted by atomic mass is 35.5. The number of rotatable bonds is 3. The van der Waals surface area contributed by atoms with Crippen LogP contribution in [0.4, 0.5) is 5.69 Å². The minimum absolute atomic E-state index is 0. The molecule has 1 aromatic carbocycles. The minimum atomic E-state index is -0.797. The maximum atomic E-state index is 10.5. The summed E-state index contributed by atoms with van der Waals surface area (Å²) in [7, 11) is 0. The summed E-state index contributed by atoms with van der Waals surface area (Å²) >= 11 is 0. The topological polar surface area (TPSA) is 110 Å². The Bertz CT molecular complexity index is 422. The smallest absolute Gasteiger partial charge is 0.314 e. The second-order valence-electron chi connectivity index (χ2n) is 2.93. The zero-order chi connectivity index (χ0) is 11.6. The van der Waals surface area contributed by atoms with Gasteiger partial charge < -0.3 is 15.9 Å². The Kier molecular flexibility index (Phi) is 4.74. The van der Waals surface area contributed by atoms with E-state index in [2.05, 4.69) is 6.58 Å². The summed E-state index contributed by atoms with van der Waals surface area (Å²) in [5.74, 6) is -1.34. The number of hydrogen-bond donors (Lipinski definition) is 3. The molecule has 0 aliphatic carbocycles. The van der Waals surface area contributed by atoms with Gasteiger partial charge in [0, 0.05) is 12.1 Å². The first-order valence-corrected chi connectivity index (χ1v) is 4.05. The lowest BCUT2D eigenvalue weighted by atomic mass is 10.1. The lowest BCUT2D eigenvalue weighted by Gasteiger charge is -2.08. The van der Waals surface area contributed by atoms with Crippen molar-refractivity contribution in [2.75, 3.05) is 0 Å². The van der Waals surface area contributed by atoms with Crippen LogP contribution < -0.4 is 5.73 Å². The Balaban J connectivity index is 0.00000225. The fourth-order valence-corrected chi connectivity index (χ4v) is 1.09. The molecule has 88 valence electrons. The summed E-state index contributed by atoms with van der Waals surface area (Å²) in [4.78, 5) is 9.71. The summed E-state index contributed by atoms with van der Waals surface area (Å²) in [6, 6.07) is 1.63. The van der Waals surface area contributed by atoms with Crippen molar-refractivity contribution >= 4 is 18.1 Å². The Labute approximate surface area is 97.6 Å². The monoisotopic (exact) mass is 246 g/mol. The van der Waals surface area contributed by atoms with Crippen LogP contribution in [0.5, 0.6) is 11.5 Å². The third-order valence-corrected chi connectivity index (χ3v) is 1.93. The van der Waals surface area contributed by atoms with Crippen LogP contribution >= 0.6 is 12.4 Å². The zero-order valence-electron chi connectivity index (χ0n) is 8.16. The number of phenolic OH excluding ortho intramolecular Hbond substituents is 2. The second-order valence-corrected chi connectivity index (χ2v) is 2.93. The molecule has 0 saturated carbocycles. The van der Waals surface area contributed by atoms with Crippen molar-refractivity contribution in [1.29, 1.82) is 0 Å². The maximum Gasteiger partial charge on any atom is 0.314 e. The number of hydrogen-bond acceptors (Lipinski definition) is 5. The normalized spacial score (nSPS) is 11.3. The van der Waals surface area contributed by atoms with E-state index >= 15 is 0 Å². The molecule has 0 aliphatic rings. The van der Waals surface area contributed by atoms with Crippen LogP contribution in [0.25, 0.3) is 0 Å². The zero-order valence-corrected chi connectivity index (χ0v) is 8.98. The standard InChI is InChI=1S/C9H10N2O4.ClH/c1-2-6(10)5-3-7(11(14)15)9(13)8(12)4-5;/h2-4,6,12-13H,1,10H2;1H/t6-;/m0./s1. The van der Waals surface area contributed by atoms with Crippen molar-refractivity contribution in [2.45, 2.75) is 6.04 Å². The first kappa shape index (κ1) is 14.2. The van der Waals surface area contributed by atoms with E-state index in [0.717, 1.165) is 12.1 Å². The van der Waals surface area contributed by atoms with Gasteiger partial charge in [-0.25, -0.2) is 0 Å². The van der Waals surface area contributed by atoms with E-state index in [1.54, 1.807) is 0 Å². The van der Waals surface area contributed by atoms with Crippen LogP contribution in [0.2, 0.25) is 0 Å². The number of aromatic hydroxyl groups is 2. The molecule has 0 saturated heterocycles. The number of nitro benzene ring substituents is 1. The van der Waals surface area contributed by atoms with E-state index in [1.165, 1.54) is 6.08 Å². The van der Waals surface area contributed by atoms with Crippen LogP contribution in [0.15, 0.2) is 24.8 Å². The van der Waals surface area contributed by atoms with Crippen LogP contribution in [0, 0.1) is 10.1 Å². The molecule has 0 spiro atoms. The van der Waals surface area contributed by atoms with Gasteiger partial charge in [-0.3, -0.25) is 10.1 Å². The van der Waals surface area contributed by atoms with Crippen LogP contribution in [-0.2, 0) is 0 Å². The van der Waals surface area contributed by atoms with Gasteiger partial charge in [-0.1, -0.05) is 6.08 Å². The molecule has 0 radical (unpaired) electrons. The molecule has 1 rings (SSSR count). The van der Waals surface area contributed by atoms with Crippen molar-refractivity contribution in [2.24, 2.45) is 5.73 Å². The van der Waals surface area contributed by atoms with E-state index in [1.807, 2.05) is 0 Å². The number of halogens is 1. The highest BCUT2D eigenvalue weighted by Gasteiger charge is 2.20. The van der Waals surface area contributed by atoms with Crippen molar-refractivity contribution in [3.05, 3.63) is 40.5 Å². The summed E-state index contributed by atoms with van der Waals surface area (Å²) in [5, 5.41) is 28.9. The highest BCUT2D eigenvalue weighted by Crippen LogP contribution is 2.37. The molecule has 0 fully saturated rings. The van der Waals surface area contributed by atoms with E-state index < -0.39 is 28.2 Å². The quantitative estimate of drug-likeness (QED) is 0.325. The van der Waals surface area contributed by atoms with E-state index in [9.17, 15) is 20.3 Å². The largest absolute Gasteiger partial charge is 0.504 e. The Hall–Kier alpha value is -1.79. The lowest BCUT2D eigenvalue weighted by Crippen LogP contribution is -2.06. The van der Waals surface area contributed by atoms with Crippen LogP contribution in [-0.4, -0.2) is 15.1 Å². The van der Waals surface area contributed by atoms with Gasteiger partial charge in [0.2, 0.25) is 5.75 Å². The minimum Gasteiger partial charge on any atom is -0.504 e. The third kappa shape index (κ3) is 2.62. The first-order chi connectivity index (χ1) is 6.97. The molecule has 0 unspecified atom stereocenters. The van der Waals surface area contributed by atoms with Gasteiger partial charge >= 0.3 is 5.69 Å². The molecule has 0 aliphatic heterocycles. The average molecular weight is 247 g/mol. The van der Waals surface area contributed by atoms with E-state index in [-0.39, 0.29) is 12.4 Å². The molecular formula is C9H11ClN2O4. The molecule has 0 amide bonds. The van der Waals surface area contributed by atoms with Gasteiger partial charge in [-0.05, 0) is 11.6 Å². The van der Waals surface area contributed by atoms with E-state index in [0.29, 0.717) is 5.56 Å². The predicted octanol–water partition coefficient (Wildman–Crippen LogP) is 1.61. The van der Waals surface area contributed by atoms with Gasteiger partial charge in [0.15, 0.2) is 5.75 Å². The van der Waals surface area contributed by atoms with E-state index in [4.69, 9.17) is 5.73 Å². The Morgan fingerprint density at radius 2 is 2.06 bits per heavy atom. The molecule has 4 N–H and O–H groups in total. The lowest BCUT2D eigenvalue weighted by molar-refractivity contribution is -0.386. The summed E-state index contributed by atoms with van der Waals surface area (Å²) in [6.45, 7) is 3.42. The molecule has 6 nitrogen and oxygen atoms in total. The third-order valence-electron chi connectivity index (χ3n) is 1.93. The van der Waals surface area contributed by atoms with Crippen LogP contribution in [0.3, 0.4) is 0 Å². The summed E-state index contributed by atoms with van der Waals surface area (Å²) in [6.07, 6.45) is 1.37. The molecule has 1 atom stereocenters. The summed E-state index contributed by atoms with van der Waals surface area (Å²) < 4.78 is 0. The average Bonchev–Trinajstić information content (AvgIpc) is 2.20. The number of phenols is 2. The Morgan fingerprint density at radius 1 is 1.50 bits per heavy atom. The molecule has 16 heavy (non-hydrogen) atoms. The van der Waals surface area contributed by atoms with Gasteiger partial charge in [0.05, 0.1) is 4.92 Å². The van der Waals surface area contributed by atoms with Gasteiger partial charge in [0.1, 0.15) is 0 Å². The van der Waals surface area contributed by atoms with Gasteiger partial charge in [-0.15, -0.1) is 19.0 Å². The number of nitrogens with zero attached hydrogens (tertiary/aromatic N) is 1. The second kappa shape index (κ2) is 5.34. The van der Waals surface area contributed by atoms with Crippen molar-refractivity contribution in [3.8, 4) is 11.5 Å². The molecule has 0 bridgehead atoms. The molecular weight excluding hydrogens is 236 g/mol. The maximum absolute atomic E-state index is 10.5. The first-order valence-electron chi connectivity index (χ1n) is 4.05. The molecule has 1 aromatic rings. The van der Waals surface area contributed by atoms with Crippen LogP contribution in [0.1, 0.15) is 11.6 Å². The number of nitro groups is 1. The fraction of sp³-hybridized carbons (Fsp3) is 0.111. The molecule has 7 heteroatoms. The molecule has 0 heterocycles. The fourth-order valence-electron chi connectivity index (χ4n) is 1.09. The number of benzene rings is 1. The van der Waals surface area contributed by atoms with Crippen molar-refractivity contribution < 1.29 is 15.1 Å². The SMILES string of the molecule is C=C[C@H](N)c1cc(O)c(O)c([N+](=O)[O-])c1.Cl. The summed E-state index contributed by atoms with van der Waals surface area (Å²) in [5.41, 5.74) is 5.28. The van der Waals surface area contributed by atoms with Gasteiger partial charge in [-0.2, -0.15) is 0 Å². The number of nitrogens with two attached hydrogens (primary N) is 1. The van der Waals surface area contributed by atoms with Crippen molar-refractivity contribution in [3.63, 3.8) is 0 Å². The van der Waals surface area contributed by atoms with Gasteiger partial charge in [0.25, 0.3) is 0 Å². The predicted molar refractivity (Wildman–Crippen MR) is 60.8 cm³/mol. The molecule has 0 aromatic heterocycles.